The molecule has 6 heteroatoms. The van der Waals surface area contributed by atoms with Crippen molar-refractivity contribution in [2.45, 2.75) is 6.10 Å². The maximum atomic E-state index is 11.7. The number of carbonyl (C=O) groups is 1. The number of nitrogens with zero attached hydrogens (tertiary/aromatic N) is 1. The zero-order valence-electron chi connectivity index (χ0n) is 12.4. The number of nitriles is 1. The average Bonchev–Trinajstić information content (AvgIpc) is 2.60. The van der Waals surface area contributed by atoms with Gasteiger partial charge in [0.2, 0.25) is 0 Å². The number of rotatable bonds is 6. The Morgan fingerprint density at radius 2 is 1.87 bits per heavy atom. The van der Waals surface area contributed by atoms with E-state index in [4.69, 9.17) is 10.00 Å². The van der Waals surface area contributed by atoms with Crippen LogP contribution in [0.4, 0.5) is 10.5 Å². The molecule has 0 aromatic heterocycles. The summed E-state index contributed by atoms with van der Waals surface area (Å²) in [5.41, 5.74) is 1.08. The van der Waals surface area contributed by atoms with Gasteiger partial charge in [-0.15, -0.1) is 0 Å². The van der Waals surface area contributed by atoms with Crippen LogP contribution in [0.2, 0.25) is 0 Å². The van der Waals surface area contributed by atoms with E-state index in [0.717, 1.165) is 0 Å². The Morgan fingerprint density at radius 3 is 2.52 bits per heavy atom. The standard InChI is InChI=1S/C17H17N3O3/c18-10-13-6-8-14(9-7-13)20-17(22)19-11-15(21)12-23-16-4-2-1-3-5-16/h1-9,15,21H,11-12H2,(H2,19,20,22)/t15-/m0/s1. The summed E-state index contributed by atoms with van der Waals surface area (Å²) in [5, 5.41) is 23.7. The first kappa shape index (κ1) is 16.3. The van der Waals surface area contributed by atoms with Gasteiger partial charge in [-0.05, 0) is 36.4 Å². The summed E-state index contributed by atoms with van der Waals surface area (Å²) in [6, 6.07) is 17.2. The number of ether oxygens (including phenoxy) is 1. The fourth-order valence-corrected chi connectivity index (χ4v) is 1.78. The lowest BCUT2D eigenvalue weighted by molar-refractivity contribution is 0.108. The van der Waals surface area contributed by atoms with Crippen molar-refractivity contribution in [3.63, 3.8) is 0 Å². The molecule has 0 bridgehead atoms. The molecule has 2 aromatic rings. The van der Waals surface area contributed by atoms with Gasteiger partial charge in [-0.1, -0.05) is 18.2 Å². The summed E-state index contributed by atoms with van der Waals surface area (Å²) in [6.07, 6.45) is -0.818. The highest BCUT2D eigenvalue weighted by atomic mass is 16.5. The van der Waals surface area contributed by atoms with Crippen molar-refractivity contribution in [2.24, 2.45) is 0 Å². The number of aliphatic hydroxyl groups is 1. The molecule has 118 valence electrons. The molecule has 23 heavy (non-hydrogen) atoms. The number of urea groups is 1. The molecule has 0 spiro atoms. The van der Waals surface area contributed by atoms with E-state index in [0.29, 0.717) is 17.0 Å². The number of benzene rings is 2. The molecular weight excluding hydrogens is 294 g/mol. The molecule has 0 saturated heterocycles. The number of carbonyl (C=O) groups excluding carboxylic acids is 1. The highest BCUT2D eigenvalue weighted by Gasteiger charge is 2.08. The quantitative estimate of drug-likeness (QED) is 0.761. The highest BCUT2D eigenvalue weighted by Crippen LogP contribution is 2.09. The molecule has 0 aliphatic rings. The molecule has 0 heterocycles. The van der Waals surface area contributed by atoms with Gasteiger partial charge in [-0.25, -0.2) is 4.79 Å². The molecule has 0 saturated carbocycles. The molecule has 1 atom stereocenters. The minimum Gasteiger partial charge on any atom is -0.491 e. The van der Waals surface area contributed by atoms with E-state index < -0.39 is 12.1 Å². The van der Waals surface area contributed by atoms with Crippen LogP contribution in [0, 0.1) is 11.3 Å². The number of hydrogen-bond donors (Lipinski definition) is 3. The predicted molar refractivity (Wildman–Crippen MR) is 86.1 cm³/mol. The van der Waals surface area contributed by atoms with Crippen molar-refractivity contribution in [2.75, 3.05) is 18.5 Å². The second-order valence-electron chi connectivity index (χ2n) is 4.80. The Morgan fingerprint density at radius 1 is 1.17 bits per heavy atom. The van der Waals surface area contributed by atoms with Crippen LogP contribution < -0.4 is 15.4 Å². The lowest BCUT2D eigenvalue weighted by Gasteiger charge is -2.13. The average molecular weight is 311 g/mol. The monoisotopic (exact) mass is 311 g/mol. The number of nitrogens with one attached hydrogen (secondary N) is 2. The summed E-state index contributed by atoms with van der Waals surface area (Å²) < 4.78 is 5.39. The van der Waals surface area contributed by atoms with E-state index in [2.05, 4.69) is 10.6 Å². The number of amides is 2. The third kappa shape index (κ3) is 5.69. The van der Waals surface area contributed by atoms with Crippen molar-refractivity contribution in [3.05, 3.63) is 60.2 Å². The molecule has 0 unspecified atom stereocenters. The maximum absolute atomic E-state index is 11.7. The zero-order chi connectivity index (χ0) is 16.5. The second-order valence-corrected chi connectivity index (χ2v) is 4.80. The topological polar surface area (TPSA) is 94.4 Å². The van der Waals surface area contributed by atoms with Crippen molar-refractivity contribution >= 4 is 11.7 Å². The van der Waals surface area contributed by atoms with E-state index in [-0.39, 0.29) is 13.2 Å². The Kier molecular flexibility index (Phi) is 5.98. The minimum absolute atomic E-state index is 0.0644. The summed E-state index contributed by atoms with van der Waals surface area (Å²) in [4.78, 5) is 11.7. The van der Waals surface area contributed by atoms with Gasteiger partial charge in [-0.3, -0.25) is 0 Å². The number of anilines is 1. The Bertz CT molecular complexity index is 666. The molecule has 0 fully saturated rings. The predicted octanol–water partition coefficient (Wildman–Crippen LogP) is 2.12. The van der Waals surface area contributed by atoms with Crippen molar-refractivity contribution in [1.29, 1.82) is 5.26 Å². The molecule has 3 N–H and O–H groups in total. The summed E-state index contributed by atoms with van der Waals surface area (Å²) in [5.74, 6) is 0.661. The fraction of sp³-hybridized carbons (Fsp3) is 0.176. The van der Waals surface area contributed by atoms with Crippen molar-refractivity contribution in [3.8, 4) is 11.8 Å². The van der Waals surface area contributed by atoms with Crippen LogP contribution in [0.3, 0.4) is 0 Å². The van der Waals surface area contributed by atoms with Gasteiger partial charge in [0.1, 0.15) is 18.5 Å². The lowest BCUT2D eigenvalue weighted by atomic mass is 10.2. The summed E-state index contributed by atoms with van der Waals surface area (Å²) in [6.45, 7) is 0.149. The molecule has 2 aromatic carbocycles. The van der Waals surface area contributed by atoms with Crippen LogP contribution in [-0.2, 0) is 0 Å². The van der Waals surface area contributed by atoms with Crippen LogP contribution in [0.5, 0.6) is 5.75 Å². The normalized spacial score (nSPS) is 11.1. The van der Waals surface area contributed by atoms with E-state index in [1.807, 2.05) is 24.3 Å². The molecule has 0 radical (unpaired) electrons. The van der Waals surface area contributed by atoms with Gasteiger partial charge >= 0.3 is 6.03 Å². The molecule has 2 amide bonds. The van der Waals surface area contributed by atoms with Gasteiger partial charge in [-0.2, -0.15) is 5.26 Å². The number of aliphatic hydroxyl groups excluding tert-OH is 1. The van der Waals surface area contributed by atoms with Gasteiger partial charge in [0.25, 0.3) is 0 Å². The summed E-state index contributed by atoms with van der Waals surface area (Å²) >= 11 is 0. The summed E-state index contributed by atoms with van der Waals surface area (Å²) in [7, 11) is 0. The van der Waals surface area contributed by atoms with Crippen LogP contribution >= 0.6 is 0 Å². The molecule has 6 nitrogen and oxygen atoms in total. The van der Waals surface area contributed by atoms with Crippen molar-refractivity contribution < 1.29 is 14.6 Å². The first-order chi connectivity index (χ1) is 11.2. The van der Waals surface area contributed by atoms with Gasteiger partial charge in [0.05, 0.1) is 11.6 Å². The van der Waals surface area contributed by atoms with E-state index >= 15 is 0 Å². The number of para-hydroxylation sites is 1. The Labute approximate surface area is 134 Å². The van der Waals surface area contributed by atoms with Gasteiger partial charge < -0.3 is 20.5 Å². The fourth-order valence-electron chi connectivity index (χ4n) is 1.78. The zero-order valence-corrected chi connectivity index (χ0v) is 12.4. The Hall–Kier alpha value is -3.04. The van der Waals surface area contributed by atoms with Gasteiger partial charge in [0, 0.05) is 12.2 Å². The largest absolute Gasteiger partial charge is 0.491 e. The number of hydrogen-bond acceptors (Lipinski definition) is 4. The van der Waals surface area contributed by atoms with Crippen molar-refractivity contribution in [1.82, 2.24) is 5.32 Å². The van der Waals surface area contributed by atoms with Crippen LogP contribution in [0.25, 0.3) is 0 Å². The highest BCUT2D eigenvalue weighted by molar-refractivity contribution is 5.89. The first-order valence-corrected chi connectivity index (χ1v) is 7.08. The third-order valence-electron chi connectivity index (χ3n) is 2.96. The third-order valence-corrected chi connectivity index (χ3v) is 2.96. The molecular formula is C17H17N3O3. The second kappa shape index (κ2) is 8.41. The van der Waals surface area contributed by atoms with Crippen LogP contribution in [-0.4, -0.2) is 30.4 Å². The molecule has 0 aliphatic carbocycles. The Balaban J connectivity index is 1.70. The smallest absolute Gasteiger partial charge is 0.319 e. The van der Waals surface area contributed by atoms with E-state index in [9.17, 15) is 9.90 Å². The lowest BCUT2D eigenvalue weighted by Crippen LogP contribution is -2.37. The minimum atomic E-state index is -0.818. The van der Waals surface area contributed by atoms with Crippen LogP contribution in [0.1, 0.15) is 5.56 Å². The van der Waals surface area contributed by atoms with Gasteiger partial charge in [0.15, 0.2) is 0 Å². The molecule has 2 rings (SSSR count). The maximum Gasteiger partial charge on any atom is 0.319 e. The van der Waals surface area contributed by atoms with E-state index in [1.54, 1.807) is 36.4 Å². The first-order valence-electron chi connectivity index (χ1n) is 7.08. The molecule has 0 aliphatic heterocycles. The SMILES string of the molecule is N#Cc1ccc(NC(=O)NC[C@H](O)COc2ccccc2)cc1. The van der Waals surface area contributed by atoms with Crippen LogP contribution in [0.15, 0.2) is 54.6 Å². The van der Waals surface area contributed by atoms with E-state index in [1.165, 1.54) is 0 Å².